The third-order valence-corrected chi connectivity index (χ3v) is 6.33. The van der Waals surface area contributed by atoms with E-state index in [4.69, 9.17) is 5.73 Å². The summed E-state index contributed by atoms with van der Waals surface area (Å²) in [5.41, 5.74) is 9.46. The third kappa shape index (κ3) is 5.21. The Morgan fingerprint density at radius 3 is 2.44 bits per heavy atom. The predicted octanol–water partition coefficient (Wildman–Crippen LogP) is 4.80. The van der Waals surface area contributed by atoms with E-state index in [9.17, 15) is 0 Å². The fraction of sp³-hybridized carbons (Fsp3) is 0.500. The molecule has 0 aliphatic heterocycles. The highest BCUT2D eigenvalue weighted by Gasteiger charge is 2.44. The Labute approximate surface area is 168 Å². The molecule has 2 nitrogen and oxygen atoms in total. The van der Waals surface area contributed by atoms with Crippen molar-refractivity contribution in [2.24, 2.45) is 11.7 Å². The van der Waals surface area contributed by atoms with Gasteiger partial charge in [-0.25, -0.2) is 0 Å². The van der Waals surface area contributed by atoms with Gasteiger partial charge in [-0.05, 0) is 80.1 Å². The SMILES string of the molecule is CN(C)C1(Cc2ccccc2)CCC(N)CC1Cc1ccsc1.Cl.Cl. The lowest BCUT2D eigenvalue weighted by Crippen LogP contribution is -2.57. The third-order valence-electron chi connectivity index (χ3n) is 5.60. The largest absolute Gasteiger partial charge is 0.328 e. The van der Waals surface area contributed by atoms with Crippen molar-refractivity contribution in [1.29, 1.82) is 0 Å². The monoisotopic (exact) mass is 400 g/mol. The molecule has 3 atom stereocenters. The van der Waals surface area contributed by atoms with Gasteiger partial charge in [0, 0.05) is 11.6 Å². The van der Waals surface area contributed by atoms with Crippen LogP contribution in [0.3, 0.4) is 0 Å². The Hall–Kier alpha value is -0.580. The molecule has 3 rings (SSSR count). The van der Waals surface area contributed by atoms with Gasteiger partial charge in [0.25, 0.3) is 0 Å². The van der Waals surface area contributed by atoms with Gasteiger partial charge >= 0.3 is 0 Å². The minimum atomic E-state index is 0. The normalized spacial score (nSPS) is 25.9. The van der Waals surface area contributed by atoms with E-state index in [0.29, 0.717) is 12.0 Å². The van der Waals surface area contributed by atoms with Crippen LogP contribution in [0.5, 0.6) is 0 Å². The van der Waals surface area contributed by atoms with Crippen LogP contribution < -0.4 is 5.73 Å². The first kappa shape index (κ1) is 22.5. The molecule has 1 saturated carbocycles. The standard InChI is InChI=1S/C20H28N2S.2ClH/c1-22(2)20(14-16-6-4-3-5-7-16)10-8-19(21)13-18(20)12-17-9-11-23-15-17;;/h3-7,9,11,15,18-19H,8,10,12-14,21H2,1-2H3;2*1H. The van der Waals surface area contributed by atoms with Crippen LogP contribution in [0, 0.1) is 5.92 Å². The van der Waals surface area contributed by atoms with Crippen molar-refractivity contribution in [3.8, 4) is 0 Å². The number of hydrogen-bond acceptors (Lipinski definition) is 3. The molecule has 1 heterocycles. The van der Waals surface area contributed by atoms with E-state index in [1.54, 1.807) is 11.3 Å². The number of benzene rings is 1. The summed E-state index contributed by atoms with van der Waals surface area (Å²) in [5, 5.41) is 4.48. The van der Waals surface area contributed by atoms with Crippen molar-refractivity contribution in [3.63, 3.8) is 0 Å². The van der Waals surface area contributed by atoms with Crippen LogP contribution in [-0.4, -0.2) is 30.6 Å². The molecule has 0 spiro atoms. The molecule has 5 heteroatoms. The van der Waals surface area contributed by atoms with Crippen molar-refractivity contribution >= 4 is 36.2 Å². The maximum Gasteiger partial charge on any atom is 0.0276 e. The van der Waals surface area contributed by atoms with Crippen molar-refractivity contribution in [2.75, 3.05) is 14.1 Å². The second kappa shape index (κ2) is 9.94. The van der Waals surface area contributed by atoms with Crippen molar-refractivity contribution in [3.05, 3.63) is 58.3 Å². The summed E-state index contributed by atoms with van der Waals surface area (Å²) >= 11 is 1.80. The zero-order valence-electron chi connectivity index (χ0n) is 15.1. The second-order valence-corrected chi connectivity index (χ2v) is 8.01. The molecule has 1 aromatic heterocycles. The fourth-order valence-corrected chi connectivity index (χ4v) is 4.92. The van der Waals surface area contributed by atoms with E-state index in [2.05, 4.69) is 66.2 Å². The van der Waals surface area contributed by atoms with Gasteiger partial charge in [0.15, 0.2) is 0 Å². The maximum absolute atomic E-state index is 6.35. The predicted molar refractivity (Wildman–Crippen MR) is 114 cm³/mol. The topological polar surface area (TPSA) is 29.3 Å². The second-order valence-electron chi connectivity index (χ2n) is 7.23. The van der Waals surface area contributed by atoms with Crippen molar-refractivity contribution in [1.82, 2.24) is 4.90 Å². The molecule has 1 aliphatic carbocycles. The van der Waals surface area contributed by atoms with Crippen LogP contribution in [0.1, 0.15) is 30.4 Å². The first-order chi connectivity index (χ1) is 11.1. The molecule has 140 valence electrons. The maximum atomic E-state index is 6.35. The number of rotatable bonds is 5. The van der Waals surface area contributed by atoms with E-state index < -0.39 is 0 Å². The Morgan fingerprint density at radius 1 is 1.12 bits per heavy atom. The Balaban J connectivity index is 0.00000156. The van der Waals surface area contributed by atoms with E-state index in [0.717, 1.165) is 25.7 Å². The van der Waals surface area contributed by atoms with Gasteiger partial charge in [0.05, 0.1) is 0 Å². The molecule has 0 radical (unpaired) electrons. The van der Waals surface area contributed by atoms with E-state index >= 15 is 0 Å². The molecule has 1 aliphatic rings. The van der Waals surface area contributed by atoms with Crippen LogP contribution in [0.4, 0.5) is 0 Å². The summed E-state index contributed by atoms with van der Waals surface area (Å²) in [6, 6.07) is 13.6. The molecule has 0 amide bonds. The summed E-state index contributed by atoms with van der Waals surface area (Å²) < 4.78 is 0. The zero-order valence-corrected chi connectivity index (χ0v) is 17.5. The van der Waals surface area contributed by atoms with Crippen LogP contribution >= 0.6 is 36.2 Å². The summed E-state index contributed by atoms with van der Waals surface area (Å²) in [4.78, 5) is 2.48. The number of nitrogens with two attached hydrogens (primary N) is 1. The number of likely N-dealkylation sites (N-methyl/N-ethyl adjacent to an activating group) is 1. The molecular formula is C20H30Cl2N2S. The number of halogens is 2. The lowest BCUT2D eigenvalue weighted by Gasteiger charge is -2.51. The molecule has 3 unspecified atom stereocenters. The highest BCUT2D eigenvalue weighted by atomic mass is 35.5. The summed E-state index contributed by atoms with van der Waals surface area (Å²) in [5.74, 6) is 0.607. The highest BCUT2D eigenvalue weighted by Crippen LogP contribution is 2.41. The molecule has 0 saturated heterocycles. The first-order valence-electron chi connectivity index (χ1n) is 8.58. The fourth-order valence-electron chi connectivity index (χ4n) is 4.24. The van der Waals surface area contributed by atoms with Gasteiger partial charge < -0.3 is 10.6 Å². The zero-order chi connectivity index (χ0) is 16.3. The van der Waals surface area contributed by atoms with Gasteiger partial charge in [-0.15, -0.1) is 24.8 Å². The van der Waals surface area contributed by atoms with E-state index in [1.165, 1.54) is 17.5 Å². The first-order valence-corrected chi connectivity index (χ1v) is 9.52. The summed E-state index contributed by atoms with van der Waals surface area (Å²) in [7, 11) is 4.50. The van der Waals surface area contributed by atoms with E-state index in [-0.39, 0.29) is 30.4 Å². The number of hydrogen-bond donors (Lipinski definition) is 1. The minimum Gasteiger partial charge on any atom is -0.328 e. The van der Waals surface area contributed by atoms with Crippen LogP contribution in [0.2, 0.25) is 0 Å². The molecule has 1 fully saturated rings. The van der Waals surface area contributed by atoms with Crippen LogP contribution in [0.25, 0.3) is 0 Å². The lowest BCUT2D eigenvalue weighted by atomic mass is 9.65. The number of nitrogens with zero attached hydrogens (tertiary/aromatic N) is 1. The summed E-state index contributed by atoms with van der Waals surface area (Å²) in [6.07, 6.45) is 5.70. The average molecular weight is 401 g/mol. The van der Waals surface area contributed by atoms with Crippen molar-refractivity contribution < 1.29 is 0 Å². The molecule has 2 aromatic rings. The van der Waals surface area contributed by atoms with Crippen LogP contribution in [0.15, 0.2) is 47.2 Å². The quantitative estimate of drug-likeness (QED) is 0.780. The Kier molecular flexibility index (Phi) is 8.93. The highest BCUT2D eigenvalue weighted by molar-refractivity contribution is 7.07. The Bertz CT molecular complexity index is 603. The molecule has 1 aromatic carbocycles. The van der Waals surface area contributed by atoms with Gasteiger partial charge in [-0.3, -0.25) is 0 Å². The van der Waals surface area contributed by atoms with Gasteiger partial charge in [-0.2, -0.15) is 11.3 Å². The van der Waals surface area contributed by atoms with Crippen LogP contribution in [-0.2, 0) is 12.8 Å². The smallest absolute Gasteiger partial charge is 0.0276 e. The molecule has 0 bridgehead atoms. The number of thiophene rings is 1. The Morgan fingerprint density at radius 2 is 1.84 bits per heavy atom. The van der Waals surface area contributed by atoms with Gasteiger partial charge in [0.1, 0.15) is 0 Å². The molecule has 25 heavy (non-hydrogen) atoms. The van der Waals surface area contributed by atoms with E-state index in [1.807, 2.05) is 0 Å². The molecular weight excluding hydrogens is 371 g/mol. The van der Waals surface area contributed by atoms with Gasteiger partial charge in [-0.1, -0.05) is 30.3 Å². The average Bonchev–Trinajstić information content (AvgIpc) is 3.04. The molecule has 2 N–H and O–H groups in total. The minimum absolute atomic E-state index is 0. The van der Waals surface area contributed by atoms with Crippen molar-refractivity contribution in [2.45, 2.75) is 43.7 Å². The lowest BCUT2D eigenvalue weighted by molar-refractivity contribution is 0.0302. The summed E-state index contributed by atoms with van der Waals surface area (Å²) in [6.45, 7) is 0. The van der Waals surface area contributed by atoms with Gasteiger partial charge in [0.2, 0.25) is 0 Å².